The van der Waals surface area contributed by atoms with E-state index in [0.717, 1.165) is 11.3 Å². The third kappa shape index (κ3) is 4.21. The number of anilines is 2. The van der Waals surface area contributed by atoms with Crippen molar-refractivity contribution in [3.63, 3.8) is 0 Å². The van der Waals surface area contributed by atoms with Crippen molar-refractivity contribution >= 4 is 39.8 Å². The molecule has 1 N–H and O–H groups in total. The normalized spacial score (nSPS) is 17.1. The van der Waals surface area contributed by atoms with E-state index in [0.29, 0.717) is 10.6 Å². The molecule has 3 rings (SSSR count). The molecule has 0 radical (unpaired) electrons. The number of nitriles is 1. The standard InChI is InChI=1S/C20H19N3O4S/c1-12-3-5-16(6-4-12)23-11-15(9-17(23)24)20(26)27-13(2)18(25)22-19-14(10-21)7-8-28-19/h3-8,13,15H,9,11H2,1-2H3,(H,22,25). The number of ether oxygens (including phenoxy) is 1. The molecular weight excluding hydrogens is 378 g/mol. The smallest absolute Gasteiger partial charge is 0.312 e. The average Bonchev–Trinajstić information content (AvgIpc) is 3.28. The minimum absolute atomic E-state index is 0.0462. The highest BCUT2D eigenvalue weighted by molar-refractivity contribution is 7.14. The lowest BCUT2D eigenvalue weighted by molar-refractivity contribution is -0.157. The minimum atomic E-state index is -1.04. The lowest BCUT2D eigenvalue weighted by Gasteiger charge is -2.18. The van der Waals surface area contributed by atoms with Crippen LogP contribution < -0.4 is 10.2 Å². The Labute approximate surface area is 166 Å². The van der Waals surface area contributed by atoms with Crippen LogP contribution in [0.4, 0.5) is 10.7 Å². The van der Waals surface area contributed by atoms with E-state index in [1.807, 2.05) is 37.3 Å². The first-order chi connectivity index (χ1) is 13.4. The molecule has 0 aliphatic carbocycles. The molecular formula is C20H19N3O4S. The summed E-state index contributed by atoms with van der Waals surface area (Å²) < 4.78 is 5.26. The van der Waals surface area contributed by atoms with Gasteiger partial charge in [0.05, 0.1) is 11.5 Å². The van der Waals surface area contributed by atoms with Crippen LogP contribution >= 0.6 is 11.3 Å². The Bertz CT molecular complexity index is 945. The number of rotatable bonds is 5. The third-order valence-corrected chi connectivity index (χ3v) is 5.32. The summed E-state index contributed by atoms with van der Waals surface area (Å²) in [5.41, 5.74) is 2.17. The maximum Gasteiger partial charge on any atom is 0.312 e. The molecule has 2 amide bonds. The molecule has 1 aliphatic heterocycles. The fourth-order valence-corrected chi connectivity index (χ4v) is 3.61. The summed E-state index contributed by atoms with van der Waals surface area (Å²) in [5.74, 6) is -1.88. The first-order valence-corrected chi connectivity index (χ1v) is 9.63. The average molecular weight is 397 g/mol. The van der Waals surface area contributed by atoms with Crippen LogP contribution in [0.1, 0.15) is 24.5 Å². The highest BCUT2D eigenvalue weighted by Crippen LogP contribution is 2.27. The van der Waals surface area contributed by atoms with Gasteiger partial charge in [0, 0.05) is 18.7 Å². The SMILES string of the molecule is Cc1ccc(N2CC(C(=O)OC(C)C(=O)Nc3sccc3C#N)CC2=O)cc1. The highest BCUT2D eigenvalue weighted by Gasteiger charge is 2.37. The Morgan fingerprint density at radius 3 is 2.71 bits per heavy atom. The highest BCUT2D eigenvalue weighted by atomic mass is 32.1. The van der Waals surface area contributed by atoms with Crippen molar-refractivity contribution in [2.75, 3.05) is 16.8 Å². The largest absolute Gasteiger partial charge is 0.452 e. The molecule has 1 saturated heterocycles. The molecule has 0 bridgehead atoms. The Kier molecular flexibility index (Phi) is 5.76. The fourth-order valence-electron chi connectivity index (χ4n) is 2.87. The van der Waals surface area contributed by atoms with E-state index < -0.39 is 23.9 Å². The van der Waals surface area contributed by atoms with Gasteiger partial charge in [-0.3, -0.25) is 14.4 Å². The molecule has 2 unspecified atom stereocenters. The third-order valence-electron chi connectivity index (χ3n) is 4.49. The van der Waals surface area contributed by atoms with E-state index in [-0.39, 0.29) is 18.9 Å². The number of thiophene rings is 1. The zero-order valence-corrected chi connectivity index (χ0v) is 16.3. The molecule has 1 aromatic heterocycles. The molecule has 0 spiro atoms. The van der Waals surface area contributed by atoms with Crippen LogP contribution in [0.3, 0.4) is 0 Å². The molecule has 8 heteroatoms. The first kappa shape index (κ1) is 19.6. The van der Waals surface area contributed by atoms with Crippen molar-refractivity contribution in [3.8, 4) is 6.07 Å². The number of carbonyl (C=O) groups is 3. The molecule has 2 heterocycles. The molecule has 1 fully saturated rings. The van der Waals surface area contributed by atoms with Gasteiger partial charge in [0.1, 0.15) is 11.1 Å². The van der Waals surface area contributed by atoms with Gasteiger partial charge in [0.15, 0.2) is 6.10 Å². The van der Waals surface area contributed by atoms with Crippen molar-refractivity contribution in [2.24, 2.45) is 5.92 Å². The number of nitrogens with zero attached hydrogens (tertiary/aromatic N) is 2. The molecule has 1 aromatic carbocycles. The second-order valence-corrected chi connectivity index (χ2v) is 7.50. The van der Waals surface area contributed by atoms with E-state index in [1.165, 1.54) is 18.3 Å². The van der Waals surface area contributed by atoms with E-state index in [1.54, 1.807) is 16.3 Å². The Hall–Kier alpha value is -3.18. The quantitative estimate of drug-likeness (QED) is 0.782. The van der Waals surface area contributed by atoms with Crippen molar-refractivity contribution in [2.45, 2.75) is 26.4 Å². The number of carbonyl (C=O) groups excluding carboxylic acids is 3. The van der Waals surface area contributed by atoms with Crippen LogP contribution in [-0.2, 0) is 19.1 Å². The van der Waals surface area contributed by atoms with Gasteiger partial charge < -0.3 is 15.0 Å². The molecule has 7 nitrogen and oxygen atoms in total. The lowest BCUT2D eigenvalue weighted by atomic mass is 10.1. The second-order valence-electron chi connectivity index (χ2n) is 6.58. The maximum absolute atomic E-state index is 12.4. The first-order valence-electron chi connectivity index (χ1n) is 8.75. The van der Waals surface area contributed by atoms with Gasteiger partial charge in [-0.05, 0) is 37.4 Å². The fraction of sp³-hybridized carbons (Fsp3) is 0.300. The molecule has 1 aliphatic rings. The van der Waals surface area contributed by atoms with Gasteiger partial charge in [0.2, 0.25) is 5.91 Å². The van der Waals surface area contributed by atoms with Crippen molar-refractivity contribution in [1.82, 2.24) is 0 Å². The van der Waals surface area contributed by atoms with E-state index in [2.05, 4.69) is 5.32 Å². The Morgan fingerprint density at radius 2 is 2.04 bits per heavy atom. The zero-order chi connectivity index (χ0) is 20.3. The number of benzene rings is 1. The summed E-state index contributed by atoms with van der Waals surface area (Å²) in [5, 5.41) is 13.7. The molecule has 2 aromatic rings. The maximum atomic E-state index is 12.4. The minimum Gasteiger partial charge on any atom is -0.452 e. The van der Waals surface area contributed by atoms with E-state index in [4.69, 9.17) is 10.00 Å². The summed E-state index contributed by atoms with van der Waals surface area (Å²) in [7, 11) is 0. The van der Waals surface area contributed by atoms with Gasteiger partial charge in [-0.25, -0.2) is 0 Å². The number of amides is 2. The van der Waals surface area contributed by atoms with Gasteiger partial charge in [-0.15, -0.1) is 11.3 Å². The van der Waals surface area contributed by atoms with Crippen LogP contribution in [0.25, 0.3) is 0 Å². The summed E-state index contributed by atoms with van der Waals surface area (Å²) >= 11 is 1.22. The van der Waals surface area contributed by atoms with Gasteiger partial charge in [0.25, 0.3) is 5.91 Å². The van der Waals surface area contributed by atoms with Crippen LogP contribution in [0.2, 0.25) is 0 Å². The van der Waals surface area contributed by atoms with Gasteiger partial charge in [-0.2, -0.15) is 5.26 Å². The van der Waals surface area contributed by atoms with E-state index >= 15 is 0 Å². The summed E-state index contributed by atoms with van der Waals surface area (Å²) in [6, 6.07) is 11.1. The number of aryl methyl sites for hydroxylation is 1. The number of nitrogens with one attached hydrogen (secondary N) is 1. The molecule has 2 atom stereocenters. The topological polar surface area (TPSA) is 99.5 Å². The van der Waals surface area contributed by atoms with Crippen LogP contribution in [0, 0.1) is 24.2 Å². The summed E-state index contributed by atoms with van der Waals surface area (Å²) in [6.45, 7) is 3.64. The molecule has 0 saturated carbocycles. The van der Waals surface area contributed by atoms with Crippen LogP contribution in [0.5, 0.6) is 0 Å². The summed E-state index contributed by atoms with van der Waals surface area (Å²) in [6.07, 6.45) is -0.991. The second kappa shape index (κ2) is 8.23. The van der Waals surface area contributed by atoms with Crippen molar-refractivity contribution in [3.05, 3.63) is 46.8 Å². The van der Waals surface area contributed by atoms with Crippen molar-refractivity contribution in [1.29, 1.82) is 5.26 Å². The Morgan fingerprint density at radius 1 is 1.32 bits per heavy atom. The number of esters is 1. The number of hydrogen-bond donors (Lipinski definition) is 1. The summed E-state index contributed by atoms with van der Waals surface area (Å²) in [4.78, 5) is 38.5. The predicted octanol–water partition coefficient (Wildman–Crippen LogP) is 2.85. The van der Waals surface area contributed by atoms with Crippen LogP contribution in [0.15, 0.2) is 35.7 Å². The lowest BCUT2D eigenvalue weighted by Crippen LogP contribution is -2.33. The van der Waals surface area contributed by atoms with E-state index in [9.17, 15) is 14.4 Å². The number of hydrogen-bond acceptors (Lipinski definition) is 6. The van der Waals surface area contributed by atoms with Gasteiger partial charge >= 0.3 is 5.97 Å². The monoisotopic (exact) mass is 397 g/mol. The Balaban J connectivity index is 1.58. The predicted molar refractivity (Wildman–Crippen MR) is 105 cm³/mol. The molecule has 28 heavy (non-hydrogen) atoms. The van der Waals surface area contributed by atoms with Crippen LogP contribution in [-0.4, -0.2) is 30.4 Å². The zero-order valence-electron chi connectivity index (χ0n) is 15.5. The van der Waals surface area contributed by atoms with Crippen molar-refractivity contribution < 1.29 is 19.1 Å². The molecule has 144 valence electrons. The van der Waals surface area contributed by atoms with Gasteiger partial charge in [-0.1, -0.05) is 17.7 Å².